The van der Waals surface area contributed by atoms with Crippen LogP contribution in [0.4, 0.5) is 0 Å². The van der Waals surface area contributed by atoms with Crippen LogP contribution in [0.25, 0.3) is 0 Å². The molecule has 0 heterocycles. The average molecular weight is 369 g/mol. The summed E-state index contributed by atoms with van der Waals surface area (Å²) in [5.41, 5.74) is 0.750. The Kier molecular flexibility index (Phi) is 3.97. The van der Waals surface area contributed by atoms with Gasteiger partial charge in [-0.2, -0.15) is 0 Å². The van der Waals surface area contributed by atoms with E-state index < -0.39 is 0 Å². The van der Waals surface area contributed by atoms with Gasteiger partial charge in [0.15, 0.2) is 0 Å². The Bertz CT molecular complexity index is 575. The van der Waals surface area contributed by atoms with Crippen LogP contribution in [0.5, 0.6) is 0 Å². The number of fused-ring (bicyclic) bond motifs is 3. The molecule has 0 aliphatic heterocycles. The lowest BCUT2D eigenvalue weighted by Crippen LogP contribution is -2.41. The van der Waals surface area contributed by atoms with Crippen molar-refractivity contribution < 1.29 is 0 Å². The van der Waals surface area contributed by atoms with Gasteiger partial charge in [-0.1, -0.05) is 34.1 Å². The molecular formula is C27H44. The van der Waals surface area contributed by atoms with Gasteiger partial charge in [-0.3, -0.25) is 0 Å². The van der Waals surface area contributed by atoms with Crippen molar-refractivity contribution >= 4 is 0 Å². The quantitative estimate of drug-likeness (QED) is 0.475. The summed E-state index contributed by atoms with van der Waals surface area (Å²) in [5.74, 6) is 13.2. The zero-order valence-corrected chi connectivity index (χ0v) is 18.5. The molecule has 0 aromatic rings. The molecule has 152 valence electrons. The monoisotopic (exact) mass is 368 g/mol. The standard InChI is InChI=1S/C27H44/c1-15-7-23-24(8-15)25(23)20-10-18-11-21(12-18)26(27(4)14-22(27)13-20)19-6-5-16(2)17(3)9-19/h15-26H,5-14H2,1-4H3. The van der Waals surface area contributed by atoms with Gasteiger partial charge in [0.2, 0.25) is 0 Å². The second-order valence-electron chi connectivity index (χ2n) is 13.3. The van der Waals surface area contributed by atoms with E-state index in [1.807, 2.05) is 0 Å². The number of rotatable bonds is 2. The first-order valence-electron chi connectivity index (χ1n) is 12.9. The van der Waals surface area contributed by atoms with E-state index in [0.29, 0.717) is 0 Å². The lowest BCUT2D eigenvalue weighted by atomic mass is 9.56. The number of hydrogen-bond acceptors (Lipinski definition) is 0. The summed E-state index contributed by atoms with van der Waals surface area (Å²) in [6.45, 7) is 10.3. The second-order valence-corrected chi connectivity index (χ2v) is 13.3. The first-order chi connectivity index (χ1) is 12.9. The Morgan fingerprint density at radius 3 is 2.07 bits per heavy atom. The highest BCUT2D eigenvalue weighted by molar-refractivity contribution is 5.13. The van der Waals surface area contributed by atoms with Crippen molar-refractivity contribution in [2.75, 3.05) is 0 Å². The molecule has 0 radical (unpaired) electrons. The maximum Gasteiger partial charge on any atom is -0.0261 e. The minimum Gasteiger partial charge on any atom is -0.0625 e. The Labute approximate surface area is 168 Å². The van der Waals surface area contributed by atoms with Crippen LogP contribution in [-0.4, -0.2) is 0 Å². The molecule has 7 saturated carbocycles. The highest BCUT2D eigenvalue weighted by Gasteiger charge is 2.64. The largest absolute Gasteiger partial charge is 0.0625 e. The predicted octanol–water partition coefficient (Wildman–Crippen LogP) is 7.43. The van der Waals surface area contributed by atoms with Gasteiger partial charge < -0.3 is 0 Å². The molecule has 9 unspecified atom stereocenters. The van der Waals surface area contributed by atoms with Crippen LogP contribution in [0.1, 0.15) is 91.9 Å². The van der Waals surface area contributed by atoms with E-state index >= 15 is 0 Å². The minimum atomic E-state index is 0.750. The second kappa shape index (κ2) is 6.01. The molecule has 7 rings (SSSR count). The fraction of sp³-hybridized carbons (Fsp3) is 1.00. The molecule has 0 heteroatoms. The van der Waals surface area contributed by atoms with Gasteiger partial charge in [0, 0.05) is 0 Å². The molecule has 0 aromatic carbocycles. The summed E-state index contributed by atoms with van der Waals surface area (Å²) in [7, 11) is 0. The van der Waals surface area contributed by atoms with Crippen LogP contribution in [0.3, 0.4) is 0 Å². The van der Waals surface area contributed by atoms with Gasteiger partial charge in [0.1, 0.15) is 0 Å². The zero-order chi connectivity index (χ0) is 18.5. The smallest absolute Gasteiger partial charge is 0.0261 e. The van der Waals surface area contributed by atoms with Crippen molar-refractivity contribution in [3.8, 4) is 0 Å². The summed E-state index contributed by atoms with van der Waals surface area (Å²) < 4.78 is 0. The lowest BCUT2D eigenvalue weighted by molar-refractivity contribution is 0.00429. The molecular weight excluding hydrogens is 324 g/mol. The molecule has 0 spiro atoms. The summed E-state index contributed by atoms with van der Waals surface area (Å²) in [4.78, 5) is 0. The van der Waals surface area contributed by atoms with E-state index in [1.54, 1.807) is 57.8 Å². The fourth-order valence-corrected chi connectivity index (χ4v) is 9.95. The van der Waals surface area contributed by atoms with E-state index in [-0.39, 0.29) is 0 Å². The molecule has 2 bridgehead atoms. The van der Waals surface area contributed by atoms with Crippen LogP contribution >= 0.6 is 0 Å². The van der Waals surface area contributed by atoms with Crippen molar-refractivity contribution in [2.24, 2.45) is 76.4 Å². The van der Waals surface area contributed by atoms with Crippen molar-refractivity contribution in [1.29, 1.82) is 0 Å². The molecule has 9 atom stereocenters. The van der Waals surface area contributed by atoms with Gasteiger partial charge in [0.25, 0.3) is 0 Å². The van der Waals surface area contributed by atoms with E-state index in [2.05, 4.69) is 27.7 Å². The molecule has 0 amide bonds. The fourth-order valence-electron chi connectivity index (χ4n) is 9.95. The Balaban J connectivity index is 1.19. The van der Waals surface area contributed by atoms with Gasteiger partial charge in [-0.25, -0.2) is 0 Å². The van der Waals surface area contributed by atoms with E-state index in [1.165, 1.54) is 24.2 Å². The van der Waals surface area contributed by atoms with Gasteiger partial charge in [-0.15, -0.1) is 0 Å². The van der Waals surface area contributed by atoms with E-state index in [4.69, 9.17) is 0 Å². The molecule has 7 aliphatic carbocycles. The maximum absolute atomic E-state index is 2.76. The first kappa shape index (κ1) is 17.8. The Morgan fingerprint density at radius 1 is 0.667 bits per heavy atom. The minimum absolute atomic E-state index is 0.750. The number of hydrogen-bond donors (Lipinski definition) is 0. The third kappa shape index (κ3) is 2.73. The highest BCUT2D eigenvalue weighted by atomic mass is 14.7. The van der Waals surface area contributed by atoms with E-state index in [9.17, 15) is 0 Å². The summed E-state index contributed by atoms with van der Waals surface area (Å²) >= 11 is 0. The van der Waals surface area contributed by atoms with Gasteiger partial charge in [0.05, 0.1) is 0 Å². The summed E-state index contributed by atoms with van der Waals surface area (Å²) in [5, 5.41) is 0. The molecule has 7 aliphatic rings. The topological polar surface area (TPSA) is 0 Å². The first-order valence-corrected chi connectivity index (χ1v) is 12.9. The van der Waals surface area contributed by atoms with Crippen LogP contribution < -0.4 is 0 Å². The van der Waals surface area contributed by atoms with Crippen molar-refractivity contribution in [1.82, 2.24) is 0 Å². The van der Waals surface area contributed by atoms with Crippen molar-refractivity contribution in [3.63, 3.8) is 0 Å². The summed E-state index contributed by atoms with van der Waals surface area (Å²) in [6.07, 6.45) is 16.0. The summed E-state index contributed by atoms with van der Waals surface area (Å²) in [6, 6.07) is 0. The van der Waals surface area contributed by atoms with E-state index in [0.717, 1.165) is 58.7 Å². The third-order valence-corrected chi connectivity index (χ3v) is 11.7. The average Bonchev–Trinajstić information content (AvgIpc) is 3.38. The predicted molar refractivity (Wildman–Crippen MR) is 113 cm³/mol. The highest BCUT2D eigenvalue weighted by Crippen LogP contribution is 2.72. The zero-order valence-electron chi connectivity index (χ0n) is 18.5. The van der Waals surface area contributed by atoms with Gasteiger partial charge in [-0.05, 0) is 134 Å². The van der Waals surface area contributed by atoms with Gasteiger partial charge >= 0.3 is 0 Å². The molecule has 27 heavy (non-hydrogen) atoms. The molecule has 0 aromatic heterocycles. The lowest BCUT2D eigenvalue weighted by Gasteiger charge is -2.49. The molecule has 0 nitrogen and oxygen atoms in total. The van der Waals surface area contributed by atoms with Crippen molar-refractivity contribution in [3.05, 3.63) is 0 Å². The van der Waals surface area contributed by atoms with Crippen LogP contribution in [-0.2, 0) is 0 Å². The molecule has 7 fully saturated rings. The van der Waals surface area contributed by atoms with Crippen LogP contribution in [0.2, 0.25) is 0 Å². The normalized spacial score (nSPS) is 64.4. The Hall–Kier alpha value is 0. The third-order valence-electron chi connectivity index (χ3n) is 11.7. The van der Waals surface area contributed by atoms with Crippen molar-refractivity contribution in [2.45, 2.75) is 91.9 Å². The SMILES string of the molecule is CC1CC2C(C1)C2C1CC2CC(C2)C(C2CCC(C)C(C)C2)C2(C)CC2C1. The molecule has 0 N–H and O–H groups in total. The van der Waals surface area contributed by atoms with Crippen LogP contribution in [0.15, 0.2) is 0 Å². The maximum atomic E-state index is 2.76. The van der Waals surface area contributed by atoms with Crippen LogP contribution in [0, 0.1) is 76.4 Å². The Morgan fingerprint density at radius 2 is 1.37 bits per heavy atom. The molecule has 0 saturated heterocycles.